The Kier molecular flexibility index (Phi) is 4.46. The first kappa shape index (κ1) is 13.3. The van der Waals surface area contributed by atoms with E-state index in [-0.39, 0.29) is 0 Å². The van der Waals surface area contributed by atoms with Crippen LogP contribution in [-0.2, 0) is 11.3 Å². The van der Waals surface area contributed by atoms with Crippen molar-refractivity contribution < 1.29 is 4.74 Å². The second-order valence-corrected chi connectivity index (χ2v) is 5.34. The highest BCUT2D eigenvalue weighted by Gasteiger charge is 2.13. The molecule has 20 heavy (non-hydrogen) atoms. The van der Waals surface area contributed by atoms with Gasteiger partial charge in [-0.05, 0) is 18.8 Å². The molecule has 4 nitrogen and oxygen atoms in total. The van der Waals surface area contributed by atoms with Gasteiger partial charge >= 0.3 is 0 Å². The molecule has 0 radical (unpaired) electrons. The molecule has 0 aliphatic carbocycles. The second-order valence-electron chi connectivity index (χ2n) is 5.34. The third-order valence-corrected chi connectivity index (χ3v) is 3.68. The van der Waals surface area contributed by atoms with Crippen molar-refractivity contribution in [2.75, 3.05) is 19.8 Å². The Morgan fingerprint density at radius 2 is 2.20 bits per heavy atom. The van der Waals surface area contributed by atoms with Gasteiger partial charge in [-0.1, -0.05) is 30.3 Å². The van der Waals surface area contributed by atoms with Gasteiger partial charge in [0, 0.05) is 37.2 Å². The van der Waals surface area contributed by atoms with Crippen molar-refractivity contribution >= 4 is 0 Å². The average Bonchev–Trinajstić information content (AvgIpc) is 2.98. The fraction of sp³-hybridized carbons (Fsp3) is 0.438. The molecule has 2 N–H and O–H groups in total. The number of hydrogen-bond acceptors (Lipinski definition) is 3. The van der Waals surface area contributed by atoms with Gasteiger partial charge in [-0.25, -0.2) is 4.98 Å². The predicted molar refractivity (Wildman–Crippen MR) is 79.3 cm³/mol. The highest BCUT2D eigenvalue weighted by atomic mass is 16.5. The van der Waals surface area contributed by atoms with E-state index in [0.717, 1.165) is 43.4 Å². The fourth-order valence-corrected chi connectivity index (χ4v) is 2.57. The molecule has 0 spiro atoms. The summed E-state index contributed by atoms with van der Waals surface area (Å²) in [7, 11) is 0. The Balaban J connectivity index is 1.50. The van der Waals surface area contributed by atoms with E-state index in [1.165, 1.54) is 12.8 Å². The largest absolute Gasteiger partial charge is 0.381 e. The van der Waals surface area contributed by atoms with Crippen LogP contribution in [0.2, 0.25) is 0 Å². The normalized spacial score (nSPS) is 19.1. The monoisotopic (exact) mass is 271 g/mol. The van der Waals surface area contributed by atoms with E-state index in [1.54, 1.807) is 0 Å². The number of nitrogens with one attached hydrogen (secondary N) is 2. The average molecular weight is 271 g/mol. The molecule has 1 aliphatic rings. The van der Waals surface area contributed by atoms with E-state index in [0.29, 0.717) is 5.92 Å². The third-order valence-electron chi connectivity index (χ3n) is 3.68. The number of hydrogen-bond donors (Lipinski definition) is 2. The van der Waals surface area contributed by atoms with Crippen LogP contribution in [0.15, 0.2) is 36.5 Å². The molecule has 0 saturated carbocycles. The molecule has 2 aromatic rings. The third kappa shape index (κ3) is 3.46. The molecule has 1 unspecified atom stereocenters. The molecule has 1 atom stereocenters. The molecule has 2 heterocycles. The van der Waals surface area contributed by atoms with Crippen LogP contribution in [0.25, 0.3) is 11.4 Å². The summed E-state index contributed by atoms with van der Waals surface area (Å²) in [6.45, 7) is 3.67. The van der Waals surface area contributed by atoms with E-state index in [1.807, 2.05) is 24.4 Å². The Morgan fingerprint density at radius 3 is 3.00 bits per heavy atom. The molecule has 1 saturated heterocycles. The second kappa shape index (κ2) is 6.68. The maximum atomic E-state index is 5.49. The van der Waals surface area contributed by atoms with Crippen molar-refractivity contribution in [3.8, 4) is 11.4 Å². The summed E-state index contributed by atoms with van der Waals surface area (Å²) >= 11 is 0. The predicted octanol–water partition coefficient (Wildman–Crippen LogP) is 2.59. The molecule has 106 valence electrons. The van der Waals surface area contributed by atoms with Crippen molar-refractivity contribution in [2.45, 2.75) is 19.4 Å². The standard InChI is InChI=1S/C16H21N3O/c1-2-6-14(7-3-1)16-18-11-15(19-16)10-17-9-13-5-4-8-20-12-13/h1-3,6-7,11,13,17H,4-5,8-10,12H2,(H,18,19). The minimum Gasteiger partial charge on any atom is -0.381 e. The SMILES string of the molecule is c1ccc(-c2ncc(CNCC3CCCOC3)[nH]2)cc1. The Bertz CT molecular complexity index is 518. The maximum Gasteiger partial charge on any atom is 0.137 e. The first-order valence-corrected chi connectivity index (χ1v) is 7.29. The molecule has 1 aromatic heterocycles. The number of aromatic nitrogens is 2. The van der Waals surface area contributed by atoms with Gasteiger partial charge in [0.25, 0.3) is 0 Å². The zero-order valence-electron chi connectivity index (χ0n) is 11.6. The van der Waals surface area contributed by atoms with Crippen LogP contribution >= 0.6 is 0 Å². The van der Waals surface area contributed by atoms with E-state index in [9.17, 15) is 0 Å². The van der Waals surface area contributed by atoms with Crippen LogP contribution in [0.4, 0.5) is 0 Å². The summed E-state index contributed by atoms with van der Waals surface area (Å²) < 4.78 is 5.49. The van der Waals surface area contributed by atoms with E-state index in [2.05, 4.69) is 27.4 Å². The number of benzene rings is 1. The van der Waals surface area contributed by atoms with Crippen LogP contribution in [0.1, 0.15) is 18.5 Å². The molecule has 0 amide bonds. The molecular weight excluding hydrogens is 250 g/mol. The number of ether oxygens (including phenoxy) is 1. The number of rotatable bonds is 5. The summed E-state index contributed by atoms with van der Waals surface area (Å²) in [5, 5.41) is 3.48. The van der Waals surface area contributed by atoms with Crippen molar-refractivity contribution in [3.05, 3.63) is 42.2 Å². The van der Waals surface area contributed by atoms with Crippen molar-refractivity contribution in [1.29, 1.82) is 0 Å². The summed E-state index contributed by atoms with van der Waals surface area (Å²) in [6.07, 6.45) is 4.37. The van der Waals surface area contributed by atoms with Gasteiger partial charge < -0.3 is 15.0 Å². The zero-order valence-corrected chi connectivity index (χ0v) is 11.6. The minimum atomic E-state index is 0.653. The van der Waals surface area contributed by atoms with Gasteiger partial charge in [0.15, 0.2) is 0 Å². The molecule has 1 aliphatic heterocycles. The Morgan fingerprint density at radius 1 is 1.30 bits per heavy atom. The zero-order chi connectivity index (χ0) is 13.6. The van der Waals surface area contributed by atoms with Crippen LogP contribution in [0.5, 0.6) is 0 Å². The molecule has 1 fully saturated rings. The smallest absolute Gasteiger partial charge is 0.137 e. The van der Waals surface area contributed by atoms with E-state index in [4.69, 9.17) is 4.74 Å². The first-order chi connectivity index (χ1) is 9.92. The van der Waals surface area contributed by atoms with Gasteiger partial charge in [0.1, 0.15) is 5.82 Å². The Hall–Kier alpha value is -1.65. The molecule has 3 rings (SSSR count). The number of nitrogens with zero attached hydrogens (tertiary/aromatic N) is 1. The van der Waals surface area contributed by atoms with Crippen molar-refractivity contribution in [2.24, 2.45) is 5.92 Å². The molecule has 4 heteroatoms. The fourth-order valence-electron chi connectivity index (χ4n) is 2.57. The maximum absolute atomic E-state index is 5.49. The Labute approximate surface area is 119 Å². The van der Waals surface area contributed by atoms with Gasteiger partial charge in [-0.2, -0.15) is 0 Å². The van der Waals surface area contributed by atoms with Crippen molar-refractivity contribution in [1.82, 2.24) is 15.3 Å². The van der Waals surface area contributed by atoms with Crippen LogP contribution in [0, 0.1) is 5.92 Å². The van der Waals surface area contributed by atoms with E-state index < -0.39 is 0 Å². The summed E-state index contributed by atoms with van der Waals surface area (Å²) in [4.78, 5) is 7.79. The first-order valence-electron chi connectivity index (χ1n) is 7.29. The topological polar surface area (TPSA) is 49.9 Å². The van der Waals surface area contributed by atoms with E-state index >= 15 is 0 Å². The van der Waals surface area contributed by atoms with Crippen LogP contribution in [0.3, 0.4) is 0 Å². The van der Waals surface area contributed by atoms with Crippen LogP contribution < -0.4 is 5.32 Å². The number of H-pyrrole nitrogens is 1. The lowest BCUT2D eigenvalue weighted by Gasteiger charge is -2.22. The highest BCUT2D eigenvalue weighted by Crippen LogP contribution is 2.15. The van der Waals surface area contributed by atoms with Gasteiger partial charge in [0.05, 0.1) is 6.61 Å². The molecule has 1 aromatic carbocycles. The number of aromatic amines is 1. The quantitative estimate of drug-likeness (QED) is 0.879. The lowest BCUT2D eigenvalue weighted by molar-refractivity contribution is 0.0547. The molecule has 0 bridgehead atoms. The summed E-state index contributed by atoms with van der Waals surface area (Å²) in [6, 6.07) is 10.2. The van der Waals surface area contributed by atoms with Crippen LogP contribution in [-0.4, -0.2) is 29.7 Å². The minimum absolute atomic E-state index is 0.653. The lowest BCUT2D eigenvalue weighted by Crippen LogP contribution is -2.28. The summed E-state index contributed by atoms with van der Waals surface area (Å²) in [5.41, 5.74) is 2.25. The van der Waals surface area contributed by atoms with Gasteiger partial charge in [-0.15, -0.1) is 0 Å². The van der Waals surface area contributed by atoms with Gasteiger partial charge in [0.2, 0.25) is 0 Å². The van der Waals surface area contributed by atoms with Gasteiger partial charge in [-0.3, -0.25) is 0 Å². The van der Waals surface area contributed by atoms with Crippen molar-refractivity contribution in [3.63, 3.8) is 0 Å². The number of imidazole rings is 1. The lowest BCUT2D eigenvalue weighted by atomic mass is 10.0. The summed E-state index contributed by atoms with van der Waals surface area (Å²) in [5.74, 6) is 1.59. The highest BCUT2D eigenvalue weighted by molar-refractivity contribution is 5.54. The molecular formula is C16H21N3O.